The van der Waals surface area contributed by atoms with Gasteiger partial charge in [-0.1, -0.05) is 12.1 Å². The Labute approximate surface area is 164 Å². The Morgan fingerprint density at radius 1 is 0.929 bits per heavy atom. The van der Waals surface area contributed by atoms with Gasteiger partial charge in [0.15, 0.2) is 4.34 Å². The predicted octanol–water partition coefficient (Wildman–Crippen LogP) is 4.28. The van der Waals surface area contributed by atoms with E-state index in [4.69, 9.17) is 0 Å². The van der Waals surface area contributed by atoms with Crippen LogP contribution >= 0.6 is 23.3 Å². The number of nitrogens with zero attached hydrogens (tertiary/aromatic N) is 3. The van der Waals surface area contributed by atoms with Crippen molar-refractivity contribution in [3.8, 4) is 0 Å². The molecule has 0 unspecified atom stereocenters. The van der Waals surface area contributed by atoms with Gasteiger partial charge in [0.05, 0.1) is 0 Å². The van der Waals surface area contributed by atoms with Crippen molar-refractivity contribution in [1.82, 2.24) is 9.29 Å². The minimum Gasteiger partial charge on any atom is -0.369 e. The molecule has 4 nitrogen and oxygen atoms in total. The number of hydrogen-bond donors (Lipinski definition) is 1. The average Bonchev–Trinajstić information content (AvgIpc) is 3.13. The zero-order valence-electron chi connectivity index (χ0n) is 14.2. The number of aliphatic hydroxyl groups is 1. The molecule has 1 fully saturated rings. The number of thiazole rings is 1. The normalized spacial score (nSPS) is 17.2. The van der Waals surface area contributed by atoms with Gasteiger partial charge in [0, 0.05) is 49.0 Å². The number of hydrogen-bond acceptors (Lipinski definition) is 6. The monoisotopic (exact) mass is 443 g/mol. The molecule has 1 saturated heterocycles. The summed E-state index contributed by atoms with van der Waals surface area (Å²) < 4.78 is 80.7. The van der Waals surface area contributed by atoms with Crippen molar-refractivity contribution in [1.29, 1.82) is 0 Å². The molecular weight excluding hydrogens is 428 g/mol. The molecule has 3 rings (SSSR count). The van der Waals surface area contributed by atoms with Crippen LogP contribution in [0, 0.1) is 0 Å². The molecule has 0 amide bonds. The Kier molecular flexibility index (Phi) is 5.86. The fraction of sp³-hybridized carbons (Fsp3) is 0.438. The van der Waals surface area contributed by atoms with Crippen LogP contribution in [0.1, 0.15) is 5.56 Å². The molecule has 0 atom stereocenters. The van der Waals surface area contributed by atoms with E-state index in [1.165, 1.54) is 35.4 Å². The second-order valence-electron chi connectivity index (χ2n) is 6.06. The van der Waals surface area contributed by atoms with E-state index in [9.17, 15) is 31.4 Å². The van der Waals surface area contributed by atoms with Gasteiger partial charge in [-0.2, -0.15) is 26.3 Å². The van der Waals surface area contributed by atoms with Gasteiger partial charge in [-0.05, 0) is 24.1 Å². The van der Waals surface area contributed by atoms with Crippen molar-refractivity contribution in [3.63, 3.8) is 0 Å². The summed E-state index contributed by atoms with van der Waals surface area (Å²) in [4.78, 5) is 6.04. The van der Waals surface area contributed by atoms with E-state index in [0.29, 0.717) is 44.0 Å². The summed E-state index contributed by atoms with van der Waals surface area (Å²) in [5.41, 5.74) is -5.66. The van der Waals surface area contributed by atoms with Crippen molar-refractivity contribution < 1.29 is 31.4 Å². The lowest BCUT2D eigenvalue weighted by Gasteiger charge is -2.36. The van der Waals surface area contributed by atoms with E-state index < -0.39 is 23.5 Å². The average molecular weight is 443 g/mol. The van der Waals surface area contributed by atoms with Gasteiger partial charge in [0.2, 0.25) is 0 Å². The van der Waals surface area contributed by atoms with Gasteiger partial charge in [0.25, 0.3) is 5.60 Å². The lowest BCUT2D eigenvalue weighted by Crippen LogP contribution is -2.53. The van der Waals surface area contributed by atoms with E-state index in [2.05, 4.69) is 9.29 Å². The molecule has 1 N–H and O–H groups in total. The molecule has 1 aliphatic rings. The van der Waals surface area contributed by atoms with E-state index in [1.807, 2.05) is 10.3 Å². The van der Waals surface area contributed by atoms with E-state index >= 15 is 0 Å². The van der Waals surface area contributed by atoms with Crippen LogP contribution < -0.4 is 4.90 Å². The Hall–Kier alpha value is -1.50. The van der Waals surface area contributed by atoms with Crippen LogP contribution in [0.3, 0.4) is 0 Å². The molecule has 2 heterocycles. The first-order valence-corrected chi connectivity index (χ1v) is 9.71. The lowest BCUT2D eigenvalue weighted by molar-refractivity contribution is -0.376. The van der Waals surface area contributed by atoms with Gasteiger partial charge < -0.3 is 10.0 Å². The van der Waals surface area contributed by atoms with Crippen LogP contribution in [0.25, 0.3) is 0 Å². The zero-order valence-corrected chi connectivity index (χ0v) is 15.8. The SMILES string of the molecule is OC(c1ccc(N2CCN(Sc3nccs3)CC2)cc1)(C(F)(F)F)C(F)(F)F. The van der Waals surface area contributed by atoms with Crippen LogP contribution in [0.2, 0.25) is 0 Å². The third kappa shape index (κ3) is 4.09. The second-order valence-corrected chi connectivity index (χ2v) is 8.30. The Morgan fingerprint density at radius 2 is 1.50 bits per heavy atom. The number of halogens is 6. The van der Waals surface area contributed by atoms with Crippen LogP contribution in [-0.2, 0) is 5.60 Å². The van der Waals surface area contributed by atoms with Gasteiger partial charge in [-0.3, -0.25) is 0 Å². The molecule has 1 aromatic carbocycles. The highest BCUT2D eigenvalue weighted by atomic mass is 32.2. The zero-order chi connectivity index (χ0) is 20.6. The van der Waals surface area contributed by atoms with Gasteiger partial charge >= 0.3 is 12.4 Å². The molecule has 0 bridgehead atoms. The van der Waals surface area contributed by atoms with Gasteiger partial charge in [-0.25, -0.2) is 9.29 Å². The summed E-state index contributed by atoms with van der Waals surface area (Å²) in [5, 5.41) is 11.3. The first kappa shape index (κ1) is 21.2. The van der Waals surface area contributed by atoms with Crippen molar-refractivity contribution in [3.05, 3.63) is 41.4 Å². The van der Waals surface area contributed by atoms with Crippen molar-refractivity contribution in [2.24, 2.45) is 0 Å². The summed E-state index contributed by atoms with van der Waals surface area (Å²) in [5.74, 6) is 0. The smallest absolute Gasteiger partial charge is 0.369 e. The maximum atomic E-state index is 12.9. The number of alkyl halides is 6. The highest BCUT2D eigenvalue weighted by molar-refractivity contribution is 7.98. The van der Waals surface area contributed by atoms with Crippen LogP contribution in [-0.4, -0.2) is 52.9 Å². The van der Waals surface area contributed by atoms with Gasteiger partial charge in [-0.15, -0.1) is 11.3 Å². The number of piperazine rings is 1. The minimum absolute atomic E-state index is 0.495. The molecule has 0 radical (unpaired) electrons. The number of anilines is 1. The Bertz CT molecular complexity index is 757. The highest BCUT2D eigenvalue weighted by Crippen LogP contribution is 2.50. The van der Waals surface area contributed by atoms with Crippen molar-refractivity contribution >= 4 is 29.0 Å². The predicted molar refractivity (Wildman–Crippen MR) is 94.2 cm³/mol. The highest BCUT2D eigenvalue weighted by Gasteiger charge is 2.71. The third-order valence-electron chi connectivity index (χ3n) is 4.33. The van der Waals surface area contributed by atoms with Crippen molar-refractivity contribution in [2.45, 2.75) is 22.3 Å². The molecule has 154 valence electrons. The molecular formula is C16H15F6N3OS2. The molecule has 0 saturated carbocycles. The lowest BCUT2D eigenvalue weighted by atomic mass is 9.92. The fourth-order valence-electron chi connectivity index (χ4n) is 2.80. The van der Waals surface area contributed by atoms with Gasteiger partial charge in [0.1, 0.15) is 0 Å². The van der Waals surface area contributed by atoms with Crippen molar-refractivity contribution in [2.75, 3.05) is 31.1 Å². The summed E-state index contributed by atoms with van der Waals surface area (Å²) >= 11 is 3.02. The fourth-order valence-corrected chi connectivity index (χ4v) is 4.49. The first-order chi connectivity index (χ1) is 13.0. The van der Waals surface area contributed by atoms with E-state index in [-0.39, 0.29) is 0 Å². The molecule has 1 aromatic heterocycles. The molecule has 1 aliphatic heterocycles. The summed E-state index contributed by atoms with van der Waals surface area (Å²) in [6.45, 7) is 2.42. The van der Waals surface area contributed by atoms with Crippen LogP contribution in [0.5, 0.6) is 0 Å². The standard InChI is InChI=1S/C16H15F6N3OS2/c17-15(18,19)14(26,16(20,21)22)11-1-3-12(4-2-11)24-6-8-25(9-7-24)28-13-23-5-10-27-13/h1-5,10,26H,6-9H2. The summed E-state index contributed by atoms with van der Waals surface area (Å²) in [6.07, 6.45) is -10.1. The third-order valence-corrected chi connectivity index (χ3v) is 6.29. The van der Waals surface area contributed by atoms with E-state index in [0.717, 1.165) is 4.34 Å². The topological polar surface area (TPSA) is 39.6 Å². The molecule has 0 aliphatic carbocycles. The largest absolute Gasteiger partial charge is 0.430 e. The number of rotatable bonds is 4. The Balaban J connectivity index is 1.69. The summed E-state index contributed by atoms with van der Waals surface area (Å²) in [7, 11) is 0. The minimum atomic E-state index is -5.88. The molecule has 28 heavy (non-hydrogen) atoms. The second kappa shape index (κ2) is 7.73. The van der Waals surface area contributed by atoms with Crippen LogP contribution in [0.15, 0.2) is 40.2 Å². The summed E-state index contributed by atoms with van der Waals surface area (Å²) in [6, 6.07) is 3.68. The molecule has 0 spiro atoms. The first-order valence-electron chi connectivity index (χ1n) is 8.06. The van der Waals surface area contributed by atoms with E-state index in [1.54, 1.807) is 6.20 Å². The molecule has 12 heteroatoms. The maximum Gasteiger partial charge on any atom is 0.430 e. The maximum absolute atomic E-state index is 12.9. The Morgan fingerprint density at radius 3 is 1.96 bits per heavy atom. The quantitative estimate of drug-likeness (QED) is 0.564. The number of benzene rings is 1. The number of aromatic nitrogens is 1. The van der Waals surface area contributed by atoms with Crippen LogP contribution in [0.4, 0.5) is 32.0 Å². The molecule has 2 aromatic rings.